The second-order valence-corrected chi connectivity index (χ2v) is 13.8. The zero-order valence-corrected chi connectivity index (χ0v) is 29.3. The van der Waals surface area contributed by atoms with Gasteiger partial charge >= 0.3 is 0 Å². The molecular weight excluding hydrogens is 657 g/mol. The van der Waals surface area contributed by atoms with Gasteiger partial charge in [-0.3, -0.25) is 4.57 Å². The molecule has 54 heavy (non-hydrogen) atoms. The minimum atomic E-state index is 0.938. The lowest BCUT2D eigenvalue weighted by molar-refractivity contribution is 1.10. The van der Waals surface area contributed by atoms with Gasteiger partial charge in [0.25, 0.3) is 0 Å². The van der Waals surface area contributed by atoms with Gasteiger partial charge in [0.15, 0.2) is 0 Å². The molecule has 0 bridgehead atoms. The van der Waals surface area contributed by atoms with E-state index in [2.05, 4.69) is 191 Å². The second kappa shape index (κ2) is 12.1. The number of hydrogen-bond donors (Lipinski definition) is 0. The van der Waals surface area contributed by atoms with E-state index in [0.717, 1.165) is 72.6 Å². The minimum Gasteiger partial charge on any atom is -0.309 e. The second-order valence-electron chi connectivity index (χ2n) is 13.8. The van der Waals surface area contributed by atoms with Crippen LogP contribution in [-0.2, 0) is 0 Å². The zero-order valence-electron chi connectivity index (χ0n) is 29.3. The molecule has 0 radical (unpaired) electrons. The maximum absolute atomic E-state index is 5.23. The van der Waals surface area contributed by atoms with E-state index in [9.17, 15) is 0 Å². The predicted octanol–water partition coefficient (Wildman–Crippen LogP) is 12.8. The number of pyridine rings is 1. The van der Waals surface area contributed by atoms with E-state index < -0.39 is 0 Å². The summed E-state index contributed by atoms with van der Waals surface area (Å²) in [6.45, 7) is 0. The summed E-state index contributed by atoms with van der Waals surface area (Å²) in [5.41, 5.74) is 13.2. The van der Waals surface area contributed by atoms with Crippen molar-refractivity contribution in [3.63, 3.8) is 0 Å². The summed E-state index contributed by atoms with van der Waals surface area (Å²) in [5.74, 6) is 0.938. The van der Waals surface area contributed by atoms with Gasteiger partial charge in [0.05, 0.1) is 33.3 Å². The number of aromatic nitrogens is 4. The first-order chi connectivity index (χ1) is 26.8. The first kappa shape index (κ1) is 30.3. The average molecular weight is 689 g/mol. The van der Waals surface area contributed by atoms with Gasteiger partial charge in [-0.1, -0.05) is 133 Å². The SMILES string of the molecule is c1ccc(-c2nc3ccccc3c3cc4c5ccccc5n(-c5ccc(-c6ccc(-n7c(-c8ccccc8)nc8ccccc87)cc6)cc5)c4cc23)cc1. The quantitative estimate of drug-likeness (QED) is 0.169. The van der Waals surface area contributed by atoms with Crippen molar-refractivity contribution in [2.45, 2.75) is 0 Å². The first-order valence-corrected chi connectivity index (χ1v) is 18.3. The number of benzene rings is 8. The van der Waals surface area contributed by atoms with Crippen molar-refractivity contribution in [3.05, 3.63) is 194 Å². The molecule has 3 heterocycles. The molecule has 0 spiro atoms. The molecule has 0 saturated heterocycles. The molecule has 8 aromatic carbocycles. The summed E-state index contributed by atoms with van der Waals surface area (Å²) in [6.07, 6.45) is 0. The highest BCUT2D eigenvalue weighted by molar-refractivity contribution is 6.20. The lowest BCUT2D eigenvalue weighted by atomic mass is 9.98. The van der Waals surface area contributed by atoms with Crippen molar-refractivity contribution >= 4 is 54.5 Å². The fraction of sp³-hybridized carbons (Fsp3) is 0. The Bertz CT molecular complexity index is 3170. The molecule has 11 rings (SSSR count). The summed E-state index contributed by atoms with van der Waals surface area (Å²) in [7, 11) is 0. The third-order valence-electron chi connectivity index (χ3n) is 10.7. The average Bonchev–Trinajstić information content (AvgIpc) is 3.79. The van der Waals surface area contributed by atoms with Crippen LogP contribution in [0.2, 0.25) is 0 Å². The molecule has 0 aliphatic heterocycles. The molecule has 0 aliphatic carbocycles. The smallest absolute Gasteiger partial charge is 0.145 e. The van der Waals surface area contributed by atoms with Gasteiger partial charge in [0, 0.05) is 44.0 Å². The van der Waals surface area contributed by atoms with E-state index in [1.165, 1.54) is 27.1 Å². The van der Waals surface area contributed by atoms with Crippen molar-refractivity contribution in [2.24, 2.45) is 0 Å². The normalized spacial score (nSPS) is 11.7. The fourth-order valence-electron chi connectivity index (χ4n) is 8.18. The molecule has 0 saturated carbocycles. The Kier molecular flexibility index (Phi) is 6.82. The van der Waals surface area contributed by atoms with Crippen molar-refractivity contribution in [2.75, 3.05) is 0 Å². The van der Waals surface area contributed by atoms with E-state index >= 15 is 0 Å². The maximum Gasteiger partial charge on any atom is 0.145 e. The zero-order chi connectivity index (χ0) is 35.6. The molecule has 0 aliphatic rings. The summed E-state index contributed by atoms with van der Waals surface area (Å²) in [6, 6.07) is 69.0. The summed E-state index contributed by atoms with van der Waals surface area (Å²) in [4.78, 5) is 10.2. The summed E-state index contributed by atoms with van der Waals surface area (Å²) >= 11 is 0. The molecule has 0 N–H and O–H groups in total. The molecular formula is C50H32N4. The van der Waals surface area contributed by atoms with Crippen molar-refractivity contribution in [1.29, 1.82) is 0 Å². The number of hydrogen-bond acceptors (Lipinski definition) is 2. The van der Waals surface area contributed by atoms with Crippen LogP contribution in [0.5, 0.6) is 0 Å². The minimum absolute atomic E-state index is 0.938. The number of nitrogens with zero attached hydrogens (tertiary/aromatic N) is 4. The first-order valence-electron chi connectivity index (χ1n) is 18.3. The Labute approximate surface area is 311 Å². The Balaban J connectivity index is 1.03. The largest absolute Gasteiger partial charge is 0.309 e. The van der Waals surface area contributed by atoms with Gasteiger partial charge in [-0.2, -0.15) is 0 Å². The standard InChI is InChI=1S/C50H32N4/c1-3-13-35(14-4-1)49-43-32-48-42(31-41(43)39-17-7-9-19-44(39)51-49)40-18-8-11-21-46(40)53(48)37-27-23-33(24-28-37)34-25-29-38(30-26-34)54-47-22-12-10-20-45(47)52-50(54)36-15-5-2-6-16-36/h1-32H. The molecule has 252 valence electrons. The Morgan fingerprint density at radius 3 is 1.56 bits per heavy atom. The van der Waals surface area contributed by atoms with Gasteiger partial charge in [0.1, 0.15) is 5.82 Å². The van der Waals surface area contributed by atoms with Gasteiger partial charge in [-0.05, 0) is 77.2 Å². The fourth-order valence-corrected chi connectivity index (χ4v) is 8.18. The summed E-state index contributed by atoms with van der Waals surface area (Å²) < 4.78 is 4.65. The molecule has 3 aromatic heterocycles. The Morgan fingerprint density at radius 2 is 0.852 bits per heavy atom. The van der Waals surface area contributed by atoms with Gasteiger partial charge in [0.2, 0.25) is 0 Å². The molecule has 11 aromatic rings. The number of fused-ring (bicyclic) bond motifs is 7. The topological polar surface area (TPSA) is 35.6 Å². The molecule has 0 unspecified atom stereocenters. The van der Waals surface area contributed by atoms with Crippen LogP contribution < -0.4 is 0 Å². The van der Waals surface area contributed by atoms with Crippen molar-refractivity contribution < 1.29 is 0 Å². The van der Waals surface area contributed by atoms with Crippen LogP contribution >= 0.6 is 0 Å². The van der Waals surface area contributed by atoms with E-state index in [4.69, 9.17) is 9.97 Å². The lowest BCUT2D eigenvalue weighted by Gasteiger charge is -2.13. The Hall–Kier alpha value is -7.30. The summed E-state index contributed by atoms with van der Waals surface area (Å²) in [5, 5.41) is 5.99. The number of rotatable bonds is 5. The van der Waals surface area contributed by atoms with E-state index in [1.807, 2.05) is 12.1 Å². The van der Waals surface area contributed by atoms with Crippen molar-refractivity contribution in [1.82, 2.24) is 19.1 Å². The van der Waals surface area contributed by atoms with Crippen LogP contribution in [-0.4, -0.2) is 19.1 Å². The lowest BCUT2D eigenvalue weighted by Crippen LogP contribution is -1.97. The molecule has 0 fully saturated rings. The number of para-hydroxylation sites is 4. The highest BCUT2D eigenvalue weighted by atomic mass is 15.1. The van der Waals surface area contributed by atoms with Crippen LogP contribution in [0.1, 0.15) is 0 Å². The third-order valence-corrected chi connectivity index (χ3v) is 10.7. The molecule has 0 atom stereocenters. The highest BCUT2D eigenvalue weighted by Crippen LogP contribution is 2.40. The van der Waals surface area contributed by atoms with Crippen LogP contribution in [0.15, 0.2) is 194 Å². The molecule has 4 heteroatoms. The maximum atomic E-state index is 5.23. The van der Waals surface area contributed by atoms with Crippen molar-refractivity contribution in [3.8, 4) is 45.1 Å². The van der Waals surface area contributed by atoms with E-state index in [-0.39, 0.29) is 0 Å². The monoisotopic (exact) mass is 688 g/mol. The van der Waals surface area contributed by atoms with Crippen LogP contribution in [0, 0.1) is 0 Å². The van der Waals surface area contributed by atoms with Crippen LogP contribution in [0.4, 0.5) is 0 Å². The molecule has 4 nitrogen and oxygen atoms in total. The highest BCUT2D eigenvalue weighted by Gasteiger charge is 2.18. The van der Waals surface area contributed by atoms with Gasteiger partial charge in [-0.15, -0.1) is 0 Å². The predicted molar refractivity (Wildman–Crippen MR) is 225 cm³/mol. The van der Waals surface area contributed by atoms with Crippen LogP contribution in [0.25, 0.3) is 99.7 Å². The van der Waals surface area contributed by atoms with E-state index in [1.54, 1.807) is 0 Å². The number of imidazole rings is 1. The van der Waals surface area contributed by atoms with Crippen LogP contribution in [0.3, 0.4) is 0 Å². The van der Waals surface area contributed by atoms with E-state index in [0.29, 0.717) is 0 Å². The van der Waals surface area contributed by atoms with Gasteiger partial charge < -0.3 is 4.57 Å². The third kappa shape index (κ3) is 4.78. The Morgan fingerprint density at radius 1 is 0.296 bits per heavy atom. The van der Waals surface area contributed by atoms with Gasteiger partial charge in [-0.25, -0.2) is 9.97 Å². The molecule has 0 amide bonds.